The highest BCUT2D eigenvalue weighted by molar-refractivity contribution is 9.10. The van der Waals surface area contributed by atoms with Crippen molar-refractivity contribution < 1.29 is 4.39 Å². The highest BCUT2D eigenvalue weighted by Gasteiger charge is 2.21. The Kier molecular flexibility index (Phi) is 5.08. The van der Waals surface area contributed by atoms with Gasteiger partial charge in [-0.05, 0) is 53.6 Å². The Morgan fingerprint density at radius 1 is 1.32 bits per heavy atom. The van der Waals surface area contributed by atoms with Gasteiger partial charge in [0, 0.05) is 12.1 Å². The van der Waals surface area contributed by atoms with Crippen LogP contribution in [0.2, 0.25) is 0 Å². The summed E-state index contributed by atoms with van der Waals surface area (Å²) in [4.78, 5) is 0. The van der Waals surface area contributed by atoms with E-state index in [4.69, 9.17) is 5.73 Å². The van der Waals surface area contributed by atoms with Gasteiger partial charge in [0.2, 0.25) is 0 Å². The lowest BCUT2D eigenvalue weighted by Crippen LogP contribution is -2.26. The van der Waals surface area contributed by atoms with Crippen molar-refractivity contribution in [2.24, 2.45) is 5.92 Å². The zero-order valence-corrected chi connectivity index (χ0v) is 13.0. The minimum absolute atomic E-state index is 0.310. The molecule has 1 fully saturated rings. The summed E-state index contributed by atoms with van der Waals surface area (Å²) < 4.78 is 13.8. The second-order valence-corrected chi connectivity index (χ2v) is 6.36. The van der Waals surface area contributed by atoms with Gasteiger partial charge in [-0.15, -0.1) is 0 Å². The molecule has 0 saturated heterocycles. The third-order valence-corrected chi connectivity index (χ3v) is 4.60. The average Bonchev–Trinajstić information content (AvgIpc) is 2.38. The number of nitrogens with one attached hydrogen (secondary N) is 1. The molecule has 0 atom stereocenters. The van der Waals surface area contributed by atoms with Gasteiger partial charge in [-0.25, -0.2) is 4.39 Å². The maximum atomic E-state index is 13.3. The van der Waals surface area contributed by atoms with Gasteiger partial charge in [-0.1, -0.05) is 19.8 Å². The van der Waals surface area contributed by atoms with Crippen LogP contribution in [0.1, 0.15) is 45.4 Å². The predicted octanol–water partition coefficient (Wildman–Crippen LogP) is 4.94. The van der Waals surface area contributed by atoms with Gasteiger partial charge >= 0.3 is 0 Å². The van der Waals surface area contributed by atoms with E-state index in [0.29, 0.717) is 16.2 Å². The molecule has 0 amide bonds. The molecule has 0 radical (unpaired) electrons. The molecule has 4 heteroatoms. The van der Waals surface area contributed by atoms with Crippen LogP contribution >= 0.6 is 15.9 Å². The van der Waals surface area contributed by atoms with E-state index >= 15 is 0 Å². The number of hydrogen-bond acceptors (Lipinski definition) is 2. The number of rotatable bonds is 4. The lowest BCUT2D eigenvalue weighted by Gasteiger charge is -2.30. The topological polar surface area (TPSA) is 38.0 Å². The molecule has 1 aliphatic carbocycles. The van der Waals surface area contributed by atoms with Gasteiger partial charge in [-0.2, -0.15) is 0 Å². The summed E-state index contributed by atoms with van der Waals surface area (Å²) in [5.74, 6) is 0.579. The van der Waals surface area contributed by atoms with Crippen LogP contribution in [0.15, 0.2) is 16.6 Å². The smallest absolute Gasteiger partial charge is 0.139 e. The molecule has 1 aromatic rings. The summed E-state index contributed by atoms with van der Waals surface area (Å²) in [5.41, 5.74) is 7.18. The number of nitrogen functional groups attached to an aromatic ring is 1. The summed E-state index contributed by atoms with van der Waals surface area (Å²) in [6.07, 6.45) is 7.55. The number of anilines is 2. The van der Waals surface area contributed by atoms with Crippen LogP contribution in [0.4, 0.5) is 15.8 Å². The maximum Gasteiger partial charge on any atom is 0.139 e. The summed E-state index contributed by atoms with van der Waals surface area (Å²) in [6.45, 7) is 2.25. The normalized spacial score (nSPS) is 23.3. The Hall–Kier alpha value is -0.770. The Morgan fingerprint density at radius 2 is 2.00 bits per heavy atom. The van der Waals surface area contributed by atoms with Gasteiger partial charge in [-0.3, -0.25) is 0 Å². The van der Waals surface area contributed by atoms with Gasteiger partial charge in [0.25, 0.3) is 0 Å². The van der Waals surface area contributed by atoms with Crippen LogP contribution in [-0.2, 0) is 0 Å². The summed E-state index contributed by atoms with van der Waals surface area (Å²) in [6, 6.07) is 3.57. The first-order chi connectivity index (χ1) is 9.10. The first kappa shape index (κ1) is 14.6. The lowest BCUT2D eigenvalue weighted by atomic mass is 9.83. The third-order valence-electron chi connectivity index (χ3n) is 4.00. The average molecular weight is 329 g/mol. The molecule has 1 aromatic carbocycles. The molecular weight excluding hydrogens is 307 g/mol. The van der Waals surface area contributed by atoms with E-state index < -0.39 is 0 Å². The fourth-order valence-electron chi connectivity index (χ4n) is 2.91. The molecule has 1 saturated carbocycles. The van der Waals surface area contributed by atoms with Crippen molar-refractivity contribution in [3.63, 3.8) is 0 Å². The number of hydrogen-bond donors (Lipinski definition) is 2. The molecule has 0 bridgehead atoms. The largest absolute Gasteiger partial charge is 0.397 e. The van der Waals surface area contributed by atoms with Crippen molar-refractivity contribution in [3.8, 4) is 0 Å². The maximum absolute atomic E-state index is 13.3. The van der Waals surface area contributed by atoms with Crippen LogP contribution in [0.25, 0.3) is 0 Å². The van der Waals surface area contributed by atoms with Crippen molar-refractivity contribution in [1.29, 1.82) is 0 Å². The van der Waals surface area contributed by atoms with Gasteiger partial charge in [0.05, 0.1) is 15.8 Å². The van der Waals surface area contributed by atoms with Gasteiger partial charge in [0.1, 0.15) is 5.82 Å². The Labute approximate surface area is 123 Å². The summed E-state index contributed by atoms with van der Waals surface area (Å²) in [5, 5.41) is 3.46. The Morgan fingerprint density at radius 3 is 2.63 bits per heavy atom. The lowest BCUT2D eigenvalue weighted by molar-refractivity contribution is 0.319. The second kappa shape index (κ2) is 6.60. The van der Waals surface area contributed by atoms with Crippen LogP contribution < -0.4 is 11.1 Å². The molecule has 3 N–H and O–H groups in total. The van der Waals surface area contributed by atoms with Crippen LogP contribution in [0.5, 0.6) is 0 Å². The standard InChI is InChI=1S/C15H22BrFN2/c1-2-3-10-4-6-11(7-5-10)19-15-8-12(16)13(17)9-14(15)18/h8-11,19H,2-7,18H2,1H3. The van der Waals surface area contributed by atoms with Crippen molar-refractivity contribution in [1.82, 2.24) is 0 Å². The molecule has 2 rings (SSSR count). The molecule has 0 heterocycles. The first-order valence-electron chi connectivity index (χ1n) is 7.11. The SMILES string of the molecule is CCCC1CCC(Nc2cc(Br)c(F)cc2N)CC1. The molecule has 106 valence electrons. The molecule has 2 nitrogen and oxygen atoms in total. The van der Waals surface area contributed by atoms with E-state index in [1.807, 2.05) is 0 Å². The molecular formula is C15H22BrFN2. The van der Waals surface area contributed by atoms with E-state index in [-0.39, 0.29) is 5.82 Å². The fraction of sp³-hybridized carbons (Fsp3) is 0.600. The highest BCUT2D eigenvalue weighted by atomic mass is 79.9. The van der Waals surface area contributed by atoms with Gasteiger partial charge < -0.3 is 11.1 Å². The molecule has 1 aliphatic rings. The zero-order chi connectivity index (χ0) is 13.8. The van der Waals surface area contributed by atoms with E-state index in [1.165, 1.54) is 44.6 Å². The Balaban J connectivity index is 1.94. The molecule has 0 aromatic heterocycles. The Bertz CT molecular complexity index is 428. The van der Waals surface area contributed by atoms with E-state index in [0.717, 1.165) is 11.6 Å². The molecule has 0 spiro atoms. The fourth-order valence-corrected chi connectivity index (χ4v) is 3.25. The minimum atomic E-state index is -0.310. The minimum Gasteiger partial charge on any atom is -0.397 e. The van der Waals surface area contributed by atoms with Crippen molar-refractivity contribution >= 4 is 27.3 Å². The third kappa shape index (κ3) is 3.85. The number of halogens is 2. The monoisotopic (exact) mass is 328 g/mol. The summed E-state index contributed by atoms with van der Waals surface area (Å²) >= 11 is 3.20. The molecule has 19 heavy (non-hydrogen) atoms. The van der Waals surface area contributed by atoms with E-state index in [9.17, 15) is 4.39 Å². The number of nitrogens with two attached hydrogens (primary N) is 1. The first-order valence-corrected chi connectivity index (χ1v) is 7.90. The van der Waals surface area contributed by atoms with Crippen LogP contribution in [-0.4, -0.2) is 6.04 Å². The second-order valence-electron chi connectivity index (χ2n) is 5.50. The van der Waals surface area contributed by atoms with Gasteiger partial charge in [0.15, 0.2) is 0 Å². The summed E-state index contributed by atoms with van der Waals surface area (Å²) in [7, 11) is 0. The number of benzene rings is 1. The van der Waals surface area contributed by atoms with Crippen LogP contribution in [0.3, 0.4) is 0 Å². The van der Waals surface area contributed by atoms with Crippen molar-refractivity contribution in [2.45, 2.75) is 51.5 Å². The molecule has 0 unspecified atom stereocenters. The highest BCUT2D eigenvalue weighted by Crippen LogP contribution is 2.32. The van der Waals surface area contributed by atoms with Crippen LogP contribution in [0, 0.1) is 11.7 Å². The quantitative estimate of drug-likeness (QED) is 0.768. The van der Waals surface area contributed by atoms with E-state index in [2.05, 4.69) is 28.2 Å². The molecule has 0 aliphatic heterocycles. The zero-order valence-electron chi connectivity index (χ0n) is 11.4. The predicted molar refractivity (Wildman–Crippen MR) is 82.8 cm³/mol. The van der Waals surface area contributed by atoms with Crippen molar-refractivity contribution in [3.05, 3.63) is 22.4 Å². The van der Waals surface area contributed by atoms with E-state index in [1.54, 1.807) is 6.07 Å². The van der Waals surface area contributed by atoms with Crippen molar-refractivity contribution in [2.75, 3.05) is 11.1 Å².